The fraction of sp³-hybridized carbons (Fsp3) is 0.200. The van der Waals surface area contributed by atoms with Crippen LogP contribution in [0, 0.1) is 0 Å². The second kappa shape index (κ2) is 4.02. The second-order valence-electron chi connectivity index (χ2n) is 3.10. The average molecular weight is 240 g/mol. The lowest BCUT2D eigenvalue weighted by Crippen LogP contribution is -1.98. The van der Waals surface area contributed by atoms with Crippen LogP contribution in [0.25, 0.3) is 10.9 Å². The number of nitrogen functional groups attached to an aromatic ring is 1. The van der Waals surface area contributed by atoms with Crippen molar-refractivity contribution in [2.24, 2.45) is 0 Å². The smallest absolute Gasteiger partial charge is 0.224 e. The molecule has 84 valence electrons. The first-order valence-corrected chi connectivity index (χ1v) is 4.88. The van der Waals surface area contributed by atoms with Gasteiger partial charge in [-0.1, -0.05) is 0 Å². The third-order valence-electron chi connectivity index (χ3n) is 2.19. The summed E-state index contributed by atoms with van der Waals surface area (Å²) in [5.41, 5.74) is 6.36. The van der Waals surface area contributed by atoms with Gasteiger partial charge in [-0.05, 0) is 11.6 Å². The molecule has 0 spiro atoms. The molecule has 0 aliphatic rings. The van der Waals surface area contributed by atoms with Crippen LogP contribution in [0.4, 0.5) is 5.82 Å². The number of benzene rings is 1. The normalized spacial score (nSPS) is 10.4. The molecule has 0 aliphatic heterocycles. The van der Waals surface area contributed by atoms with Gasteiger partial charge in [0.1, 0.15) is 17.3 Å². The van der Waals surface area contributed by atoms with Gasteiger partial charge in [0.2, 0.25) is 5.28 Å². The molecule has 0 saturated heterocycles. The third-order valence-corrected chi connectivity index (χ3v) is 2.36. The Kier molecular flexibility index (Phi) is 2.70. The molecule has 16 heavy (non-hydrogen) atoms. The summed E-state index contributed by atoms with van der Waals surface area (Å²) in [7, 11) is 3.11. The Bertz CT molecular complexity index is 545. The summed E-state index contributed by atoms with van der Waals surface area (Å²) in [6, 6.07) is 3.44. The number of methoxy groups -OCH3 is 2. The molecule has 0 atom stereocenters. The standard InChI is InChI=1S/C10H10ClN3O2/c1-15-5-3-6-8(7(4-5)16-2)9(12)14-10(11)13-6/h3-4H,1-2H3,(H2,12,13,14). The van der Waals surface area contributed by atoms with Gasteiger partial charge in [0.25, 0.3) is 0 Å². The van der Waals surface area contributed by atoms with Gasteiger partial charge in [-0.2, -0.15) is 0 Å². The fourth-order valence-electron chi connectivity index (χ4n) is 1.48. The summed E-state index contributed by atoms with van der Waals surface area (Å²) in [6.45, 7) is 0. The van der Waals surface area contributed by atoms with Crippen molar-refractivity contribution in [1.82, 2.24) is 9.97 Å². The Morgan fingerprint density at radius 3 is 2.56 bits per heavy atom. The highest BCUT2D eigenvalue weighted by atomic mass is 35.5. The van der Waals surface area contributed by atoms with Crippen molar-refractivity contribution in [3.8, 4) is 11.5 Å². The number of halogens is 1. The van der Waals surface area contributed by atoms with Crippen LogP contribution >= 0.6 is 11.6 Å². The number of aromatic nitrogens is 2. The summed E-state index contributed by atoms with van der Waals surface area (Å²) in [5, 5.41) is 0.730. The molecule has 2 aromatic rings. The largest absolute Gasteiger partial charge is 0.497 e. The Morgan fingerprint density at radius 1 is 1.19 bits per heavy atom. The van der Waals surface area contributed by atoms with Gasteiger partial charge in [0.05, 0.1) is 25.1 Å². The van der Waals surface area contributed by atoms with E-state index in [-0.39, 0.29) is 11.1 Å². The van der Waals surface area contributed by atoms with Crippen molar-refractivity contribution in [2.75, 3.05) is 20.0 Å². The quantitative estimate of drug-likeness (QED) is 0.811. The SMILES string of the molecule is COc1cc(OC)c2c(N)nc(Cl)nc2c1. The van der Waals surface area contributed by atoms with Crippen LogP contribution in [-0.4, -0.2) is 24.2 Å². The van der Waals surface area contributed by atoms with E-state index in [9.17, 15) is 0 Å². The van der Waals surface area contributed by atoms with Crippen LogP contribution in [0.15, 0.2) is 12.1 Å². The lowest BCUT2D eigenvalue weighted by atomic mass is 10.2. The molecule has 0 fully saturated rings. The third kappa shape index (κ3) is 1.69. The van der Waals surface area contributed by atoms with Gasteiger partial charge >= 0.3 is 0 Å². The maximum Gasteiger partial charge on any atom is 0.224 e. The molecule has 2 N–H and O–H groups in total. The highest BCUT2D eigenvalue weighted by molar-refractivity contribution is 6.28. The molecule has 0 bridgehead atoms. The molecule has 2 rings (SSSR count). The van der Waals surface area contributed by atoms with E-state index in [0.29, 0.717) is 22.4 Å². The molecular formula is C10H10ClN3O2. The zero-order valence-corrected chi connectivity index (χ0v) is 9.58. The van der Waals surface area contributed by atoms with E-state index in [1.54, 1.807) is 26.4 Å². The van der Waals surface area contributed by atoms with E-state index < -0.39 is 0 Å². The second-order valence-corrected chi connectivity index (χ2v) is 3.44. The summed E-state index contributed by atoms with van der Waals surface area (Å²) in [5.74, 6) is 1.47. The molecule has 1 heterocycles. The van der Waals surface area contributed by atoms with E-state index >= 15 is 0 Å². The van der Waals surface area contributed by atoms with E-state index in [2.05, 4.69) is 9.97 Å². The summed E-state index contributed by atoms with van der Waals surface area (Å²) >= 11 is 5.73. The van der Waals surface area contributed by atoms with Gasteiger partial charge in [0.15, 0.2) is 0 Å². The Balaban J connectivity index is 2.83. The maximum atomic E-state index is 5.77. The molecule has 0 saturated carbocycles. The summed E-state index contributed by atoms with van der Waals surface area (Å²) in [4.78, 5) is 7.95. The van der Waals surface area contributed by atoms with Gasteiger partial charge in [-0.25, -0.2) is 9.97 Å². The van der Waals surface area contributed by atoms with Crippen molar-refractivity contribution in [1.29, 1.82) is 0 Å². The number of rotatable bonds is 2. The van der Waals surface area contributed by atoms with Crippen LogP contribution in [0.1, 0.15) is 0 Å². The average Bonchev–Trinajstić information content (AvgIpc) is 2.26. The first kappa shape index (κ1) is 10.8. The first-order valence-electron chi connectivity index (χ1n) is 4.50. The van der Waals surface area contributed by atoms with Crippen molar-refractivity contribution in [3.63, 3.8) is 0 Å². The Morgan fingerprint density at radius 2 is 1.94 bits per heavy atom. The molecule has 0 unspecified atom stereocenters. The number of hydrogen-bond donors (Lipinski definition) is 1. The minimum Gasteiger partial charge on any atom is -0.497 e. The molecule has 0 amide bonds. The van der Waals surface area contributed by atoms with Crippen LogP contribution in [-0.2, 0) is 0 Å². The van der Waals surface area contributed by atoms with Gasteiger partial charge in [0, 0.05) is 12.1 Å². The van der Waals surface area contributed by atoms with Crippen molar-refractivity contribution < 1.29 is 9.47 Å². The molecule has 5 nitrogen and oxygen atoms in total. The molecule has 6 heteroatoms. The lowest BCUT2D eigenvalue weighted by Gasteiger charge is -2.09. The number of ether oxygens (including phenoxy) is 2. The van der Waals surface area contributed by atoms with Crippen molar-refractivity contribution in [2.45, 2.75) is 0 Å². The highest BCUT2D eigenvalue weighted by Crippen LogP contribution is 2.33. The molecule has 1 aromatic carbocycles. The van der Waals surface area contributed by atoms with Crippen LogP contribution in [0.5, 0.6) is 11.5 Å². The zero-order chi connectivity index (χ0) is 11.7. The van der Waals surface area contributed by atoms with Crippen molar-refractivity contribution in [3.05, 3.63) is 17.4 Å². The zero-order valence-electron chi connectivity index (χ0n) is 8.82. The maximum absolute atomic E-state index is 5.77. The van der Waals surface area contributed by atoms with Crippen LogP contribution in [0.3, 0.4) is 0 Å². The molecule has 1 aromatic heterocycles. The predicted molar refractivity (Wildman–Crippen MR) is 62.1 cm³/mol. The first-order chi connectivity index (χ1) is 7.65. The molecule has 0 radical (unpaired) electrons. The van der Waals surface area contributed by atoms with E-state index in [4.69, 9.17) is 26.8 Å². The number of nitrogens with two attached hydrogens (primary N) is 1. The lowest BCUT2D eigenvalue weighted by molar-refractivity contribution is 0.398. The molecular weight excluding hydrogens is 230 g/mol. The van der Waals surface area contributed by atoms with Gasteiger partial charge in [-0.15, -0.1) is 0 Å². The number of fused-ring (bicyclic) bond motifs is 1. The Hall–Kier alpha value is -1.75. The fourth-order valence-corrected chi connectivity index (χ4v) is 1.66. The summed E-state index contributed by atoms with van der Waals surface area (Å²) in [6.07, 6.45) is 0. The van der Waals surface area contributed by atoms with Crippen molar-refractivity contribution >= 4 is 28.3 Å². The minimum absolute atomic E-state index is 0.0975. The van der Waals surface area contributed by atoms with Crippen LogP contribution < -0.4 is 15.2 Å². The monoisotopic (exact) mass is 239 g/mol. The number of nitrogens with zero attached hydrogens (tertiary/aromatic N) is 2. The highest BCUT2D eigenvalue weighted by Gasteiger charge is 2.11. The van der Waals surface area contributed by atoms with E-state index in [1.165, 1.54) is 0 Å². The number of anilines is 1. The predicted octanol–water partition coefficient (Wildman–Crippen LogP) is 1.88. The van der Waals surface area contributed by atoms with Crippen LogP contribution in [0.2, 0.25) is 5.28 Å². The Labute approximate surface area is 97.2 Å². The minimum atomic E-state index is 0.0975. The van der Waals surface area contributed by atoms with E-state index in [0.717, 1.165) is 0 Å². The van der Waals surface area contributed by atoms with E-state index in [1.807, 2.05) is 0 Å². The van der Waals surface area contributed by atoms with Gasteiger partial charge in [-0.3, -0.25) is 0 Å². The summed E-state index contributed by atoms with van der Waals surface area (Å²) < 4.78 is 10.3. The van der Waals surface area contributed by atoms with Gasteiger partial charge < -0.3 is 15.2 Å². The molecule has 0 aliphatic carbocycles. The number of hydrogen-bond acceptors (Lipinski definition) is 5. The topological polar surface area (TPSA) is 70.3 Å².